The van der Waals surface area contributed by atoms with E-state index in [0.29, 0.717) is 0 Å². The topological polar surface area (TPSA) is 25.6 Å². The van der Waals surface area contributed by atoms with Crippen LogP contribution in [0.2, 0.25) is 0 Å². The average Bonchev–Trinajstić information content (AvgIpc) is 3.78. The first-order chi connectivity index (χ1) is 25.3. The largest absolute Gasteiger partial charge is 0.484 e. The van der Waals surface area contributed by atoms with E-state index in [1.807, 2.05) is 0 Å². The molecule has 0 bridgehead atoms. The van der Waals surface area contributed by atoms with Gasteiger partial charge in [-0.1, -0.05) is 127 Å². The SMILES string of the molecule is C1=CC2Oc3c(-c4cccc(N(c5cccc(-c6ccccc6)c5)c5cccc(-c6cccc7c8c(oc67)C=CCC8)c5)c4)cccc3C2C=C1. The van der Waals surface area contributed by atoms with E-state index in [-0.39, 0.29) is 12.0 Å². The third kappa shape index (κ3) is 5.13. The lowest BCUT2D eigenvalue weighted by Crippen LogP contribution is -2.15. The second-order valence-electron chi connectivity index (χ2n) is 13.5. The second kappa shape index (κ2) is 12.2. The van der Waals surface area contributed by atoms with E-state index < -0.39 is 0 Å². The number of hydrogen-bond donors (Lipinski definition) is 0. The van der Waals surface area contributed by atoms with E-state index >= 15 is 0 Å². The first-order valence-electron chi connectivity index (χ1n) is 17.8. The lowest BCUT2D eigenvalue weighted by molar-refractivity contribution is 0.270. The fraction of sp³-hybridized carbons (Fsp3) is 0.0833. The van der Waals surface area contributed by atoms with Crippen LogP contribution in [-0.4, -0.2) is 6.10 Å². The van der Waals surface area contributed by atoms with Gasteiger partial charge in [0, 0.05) is 50.6 Å². The number of furan rings is 1. The number of ether oxygens (including phenoxy) is 1. The average molecular weight is 658 g/mol. The maximum absolute atomic E-state index is 6.60. The Morgan fingerprint density at radius 3 is 2.02 bits per heavy atom. The van der Waals surface area contributed by atoms with Gasteiger partial charge in [0.05, 0.1) is 0 Å². The second-order valence-corrected chi connectivity index (χ2v) is 13.5. The Morgan fingerprint density at radius 2 is 1.22 bits per heavy atom. The van der Waals surface area contributed by atoms with Crippen molar-refractivity contribution in [3.63, 3.8) is 0 Å². The molecule has 3 heteroatoms. The van der Waals surface area contributed by atoms with Gasteiger partial charge in [0.15, 0.2) is 0 Å². The maximum Gasteiger partial charge on any atom is 0.142 e. The highest BCUT2D eigenvalue weighted by molar-refractivity contribution is 5.97. The quantitative estimate of drug-likeness (QED) is 0.178. The Morgan fingerprint density at radius 1 is 0.569 bits per heavy atom. The summed E-state index contributed by atoms with van der Waals surface area (Å²) in [5.74, 6) is 2.21. The third-order valence-electron chi connectivity index (χ3n) is 10.5. The zero-order valence-corrected chi connectivity index (χ0v) is 28.1. The number of benzene rings is 6. The molecule has 0 radical (unpaired) electrons. The molecule has 2 heterocycles. The summed E-state index contributed by atoms with van der Waals surface area (Å²) in [6.07, 6.45) is 15.0. The molecule has 0 N–H and O–H groups in total. The van der Waals surface area contributed by atoms with Crippen LogP contribution in [0.5, 0.6) is 5.75 Å². The molecule has 3 nitrogen and oxygen atoms in total. The summed E-state index contributed by atoms with van der Waals surface area (Å²) in [6.45, 7) is 0. The lowest BCUT2D eigenvalue weighted by Gasteiger charge is -2.27. The molecule has 10 rings (SSSR count). The summed E-state index contributed by atoms with van der Waals surface area (Å²) in [6, 6.07) is 50.2. The van der Waals surface area contributed by atoms with E-state index in [1.165, 1.54) is 27.6 Å². The van der Waals surface area contributed by atoms with Gasteiger partial charge < -0.3 is 14.1 Å². The molecular formula is C48H35NO2. The molecule has 2 unspecified atom stereocenters. The zero-order valence-electron chi connectivity index (χ0n) is 28.1. The van der Waals surface area contributed by atoms with Gasteiger partial charge in [-0.3, -0.25) is 0 Å². The molecule has 0 saturated carbocycles. The van der Waals surface area contributed by atoms with Gasteiger partial charge in [-0.25, -0.2) is 0 Å². The highest BCUT2D eigenvalue weighted by Gasteiger charge is 2.33. The normalized spacial score (nSPS) is 16.8. The first-order valence-corrected chi connectivity index (χ1v) is 17.8. The molecule has 51 heavy (non-hydrogen) atoms. The van der Waals surface area contributed by atoms with Crippen LogP contribution in [0.1, 0.15) is 29.2 Å². The minimum atomic E-state index is 0.0366. The smallest absolute Gasteiger partial charge is 0.142 e. The molecule has 3 aliphatic rings. The third-order valence-corrected chi connectivity index (χ3v) is 10.5. The highest BCUT2D eigenvalue weighted by atomic mass is 16.5. The zero-order chi connectivity index (χ0) is 33.7. The van der Waals surface area contributed by atoms with Crippen LogP contribution in [0.25, 0.3) is 50.4 Å². The van der Waals surface area contributed by atoms with Crippen molar-refractivity contribution in [1.29, 1.82) is 0 Å². The van der Waals surface area contributed by atoms with Crippen LogP contribution in [0.4, 0.5) is 17.1 Å². The first kappa shape index (κ1) is 29.6. The molecule has 0 saturated heterocycles. The molecule has 7 aromatic rings. The summed E-state index contributed by atoms with van der Waals surface area (Å²) in [7, 11) is 0. The van der Waals surface area contributed by atoms with Gasteiger partial charge in [-0.15, -0.1) is 0 Å². The fourth-order valence-corrected chi connectivity index (χ4v) is 8.05. The molecule has 1 aliphatic heterocycles. The molecule has 0 amide bonds. The number of nitrogens with zero attached hydrogens (tertiary/aromatic N) is 1. The Hall–Kier alpha value is -6.32. The number of hydrogen-bond acceptors (Lipinski definition) is 3. The summed E-state index contributed by atoms with van der Waals surface area (Å²) < 4.78 is 13.1. The van der Waals surface area contributed by atoms with Crippen LogP contribution >= 0.6 is 0 Å². The maximum atomic E-state index is 6.60. The molecule has 0 fully saturated rings. The highest BCUT2D eigenvalue weighted by Crippen LogP contribution is 2.48. The summed E-state index contributed by atoms with van der Waals surface area (Å²) in [4.78, 5) is 2.37. The van der Waals surface area contributed by atoms with E-state index in [4.69, 9.17) is 9.15 Å². The molecule has 6 aromatic carbocycles. The van der Waals surface area contributed by atoms with Crippen molar-refractivity contribution in [1.82, 2.24) is 0 Å². The predicted octanol–water partition coefficient (Wildman–Crippen LogP) is 12.8. The molecule has 1 aromatic heterocycles. The van der Waals surface area contributed by atoms with Crippen molar-refractivity contribution in [3.8, 4) is 39.1 Å². The van der Waals surface area contributed by atoms with Gasteiger partial charge in [0.1, 0.15) is 23.2 Å². The molecular weight excluding hydrogens is 623 g/mol. The predicted molar refractivity (Wildman–Crippen MR) is 210 cm³/mol. The summed E-state index contributed by atoms with van der Waals surface area (Å²) >= 11 is 0. The number of aryl methyl sites for hydroxylation is 1. The number of fused-ring (bicyclic) bond motifs is 6. The minimum Gasteiger partial charge on any atom is -0.484 e. The number of allylic oxidation sites excluding steroid dienone is 3. The fourth-order valence-electron chi connectivity index (χ4n) is 8.05. The molecule has 2 atom stereocenters. The van der Waals surface area contributed by atoms with E-state index in [1.54, 1.807) is 0 Å². The van der Waals surface area contributed by atoms with E-state index in [0.717, 1.165) is 69.3 Å². The minimum absolute atomic E-state index is 0.0366. The number of para-hydroxylation sites is 2. The Labute approximate surface area is 298 Å². The van der Waals surface area contributed by atoms with Gasteiger partial charge in [0.2, 0.25) is 0 Å². The van der Waals surface area contributed by atoms with Crippen molar-refractivity contribution in [3.05, 3.63) is 187 Å². The van der Waals surface area contributed by atoms with Crippen LogP contribution in [0, 0.1) is 0 Å². The van der Waals surface area contributed by atoms with Crippen molar-refractivity contribution in [2.45, 2.75) is 24.9 Å². The Kier molecular flexibility index (Phi) is 7.09. The van der Waals surface area contributed by atoms with Gasteiger partial charge in [-0.2, -0.15) is 0 Å². The van der Waals surface area contributed by atoms with Gasteiger partial charge in [0.25, 0.3) is 0 Å². The number of rotatable bonds is 6. The summed E-state index contributed by atoms with van der Waals surface area (Å²) in [5, 5.41) is 1.21. The molecule has 2 aliphatic carbocycles. The van der Waals surface area contributed by atoms with Crippen molar-refractivity contribution >= 4 is 34.1 Å². The van der Waals surface area contributed by atoms with E-state index in [9.17, 15) is 0 Å². The van der Waals surface area contributed by atoms with Gasteiger partial charge in [-0.05, 0) is 83.6 Å². The Balaban J connectivity index is 1.12. The monoisotopic (exact) mass is 657 g/mol. The van der Waals surface area contributed by atoms with Crippen molar-refractivity contribution in [2.24, 2.45) is 0 Å². The molecule has 244 valence electrons. The van der Waals surface area contributed by atoms with E-state index in [2.05, 4.69) is 181 Å². The van der Waals surface area contributed by atoms with Crippen LogP contribution in [0.15, 0.2) is 174 Å². The standard InChI is InChI=1S/C48H35NO2/c1-2-13-32(14-3-1)33-15-8-18-36(29-33)49(37-19-9-16-34(30-37)39-23-11-25-43-41-21-4-6-27-45(41)50-47(39)43)38-20-10-17-35(31-38)40-24-12-26-44-42-22-5-7-28-46(42)51-48(40)44/h1-4,6-21,23-31,41,45H,5,22H2. The van der Waals surface area contributed by atoms with Crippen LogP contribution in [-0.2, 0) is 6.42 Å². The Bertz CT molecular complexity index is 2540. The van der Waals surface area contributed by atoms with Crippen molar-refractivity contribution in [2.75, 3.05) is 4.90 Å². The number of anilines is 3. The molecule has 0 spiro atoms. The summed E-state index contributed by atoms with van der Waals surface area (Å²) in [5.41, 5.74) is 13.5. The van der Waals surface area contributed by atoms with Gasteiger partial charge >= 0.3 is 0 Å². The van der Waals surface area contributed by atoms with Crippen LogP contribution in [0.3, 0.4) is 0 Å². The van der Waals surface area contributed by atoms with Crippen LogP contribution < -0.4 is 9.64 Å². The van der Waals surface area contributed by atoms with Crippen molar-refractivity contribution < 1.29 is 9.15 Å². The lowest BCUT2D eigenvalue weighted by atomic mass is 9.90.